The fourth-order valence-corrected chi connectivity index (χ4v) is 7.63. The molecule has 0 bridgehead atoms. The maximum absolute atomic E-state index is 13.0. The molecule has 2 saturated heterocycles. The van der Waals surface area contributed by atoms with Crippen LogP contribution < -0.4 is 4.74 Å². The highest BCUT2D eigenvalue weighted by Gasteiger charge is 2.33. The first-order valence-electron chi connectivity index (χ1n) is 11.6. The Morgan fingerprint density at radius 1 is 0.600 bits per heavy atom. The summed E-state index contributed by atoms with van der Waals surface area (Å²) in [5, 5.41) is 0. The Balaban J connectivity index is 1.44. The molecule has 4 unspecified atom stereocenters. The van der Waals surface area contributed by atoms with Crippen LogP contribution in [-0.2, 0) is 29.5 Å². The van der Waals surface area contributed by atoms with Crippen LogP contribution in [-0.4, -0.2) is 76.0 Å². The minimum absolute atomic E-state index is 0.169. The van der Waals surface area contributed by atoms with Crippen molar-refractivity contribution >= 4 is 20.0 Å². The van der Waals surface area contributed by atoms with Gasteiger partial charge in [0.25, 0.3) is 0 Å². The minimum Gasteiger partial charge on any atom is -0.457 e. The van der Waals surface area contributed by atoms with Crippen LogP contribution in [0, 0.1) is 0 Å². The molecule has 192 valence electrons. The average Bonchev–Trinajstić information content (AvgIpc) is 2.78. The molecule has 11 heteroatoms. The maximum Gasteiger partial charge on any atom is 0.243 e. The van der Waals surface area contributed by atoms with Crippen molar-refractivity contribution < 1.29 is 31.0 Å². The Morgan fingerprint density at radius 2 is 0.886 bits per heavy atom. The topological polar surface area (TPSA) is 102 Å². The van der Waals surface area contributed by atoms with E-state index in [9.17, 15) is 16.8 Å². The first-order valence-corrected chi connectivity index (χ1v) is 14.5. The summed E-state index contributed by atoms with van der Waals surface area (Å²) in [6.07, 6.45) is -0.674. The summed E-state index contributed by atoms with van der Waals surface area (Å²) in [6, 6.07) is 12.4. The Bertz CT molecular complexity index is 1110. The van der Waals surface area contributed by atoms with Gasteiger partial charge in [-0.3, -0.25) is 0 Å². The second kappa shape index (κ2) is 10.2. The molecule has 0 aliphatic carbocycles. The van der Waals surface area contributed by atoms with Crippen molar-refractivity contribution in [2.24, 2.45) is 0 Å². The van der Waals surface area contributed by atoms with Crippen molar-refractivity contribution in [1.82, 2.24) is 8.61 Å². The first kappa shape index (κ1) is 26.1. The Morgan fingerprint density at radius 3 is 1.17 bits per heavy atom. The van der Waals surface area contributed by atoms with Crippen molar-refractivity contribution in [1.29, 1.82) is 0 Å². The smallest absolute Gasteiger partial charge is 0.243 e. The van der Waals surface area contributed by atoms with Crippen LogP contribution in [0.4, 0.5) is 0 Å². The van der Waals surface area contributed by atoms with Gasteiger partial charge in [0.2, 0.25) is 20.0 Å². The zero-order valence-corrected chi connectivity index (χ0v) is 22.0. The Labute approximate surface area is 207 Å². The summed E-state index contributed by atoms with van der Waals surface area (Å²) in [5.74, 6) is 0.887. The first-order chi connectivity index (χ1) is 16.4. The molecular formula is C24H32N2O7S2. The van der Waals surface area contributed by atoms with Gasteiger partial charge in [-0.25, -0.2) is 16.8 Å². The predicted octanol–water partition coefficient (Wildman–Crippen LogP) is 3.07. The SMILES string of the molecule is CC1CN(S(=O)(=O)c2ccc(Oc3ccc(S(=O)(=O)N4CC(C)OC(C)C4)cc3)cc2)CC(C)O1. The van der Waals surface area contributed by atoms with Gasteiger partial charge in [-0.1, -0.05) is 0 Å². The molecule has 35 heavy (non-hydrogen) atoms. The van der Waals surface area contributed by atoms with Gasteiger partial charge in [-0.05, 0) is 76.2 Å². The number of sulfonamides is 2. The van der Waals surface area contributed by atoms with E-state index in [1.807, 2.05) is 27.7 Å². The van der Waals surface area contributed by atoms with Gasteiger partial charge in [0.05, 0.1) is 34.2 Å². The number of hydrogen-bond donors (Lipinski definition) is 0. The molecule has 2 aliphatic heterocycles. The lowest BCUT2D eigenvalue weighted by atomic mass is 10.3. The average molecular weight is 525 g/mol. The highest BCUT2D eigenvalue weighted by molar-refractivity contribution is 7.89. The molecule has 0 N–H and O–H groups in total. The summed E-state index contributed by atoms with van der Waals surface area (Å²) in [7, 11) is -7.28. The van der Waals surface area contributed by atoms with Crippen molar-refractivity contribution in [2.45, 2.75) is 61.9 Å². The van der Waals surface area contributed by atoms with Gasteiger partial charge >= 0.3 is 0 Å². The van der Waals surface area contributed by atoms with Gasteiger partial charge < -0.3 is 14.2 Å². The van der Waals surface area contributed by atoms with Crippen LogP contribution in [0.3, 0.4) is 0 Å². The quantitative estimate of drug-likeness (QED) is 0.572. The van der Waals surface area contributed by atoms with Gasteiger partial charge in [0.15, 0.2) is 0 Å². The molecule has 4 atom stereocenters. The van der Waals surface area contributed by atoms with Crippen LogP contribution in [0.5, 0.6) is 11.5 Å². The van der Waals surface area contributed by atoms with E-state index in [1.165, 1.54) is 32.9 Å². The number of morpholine rings is 2. The van der Waals surface area contributed by atoms with Crippen LogP contribution >= 0.6 is 0 Å². The fourth-order valence-electron chi connectivity index (χ4n) is 4.45. The van der Waals surface area contributed by atoms with Gasteiger partial charge in [-0.15, -0.1) is 0 Å². The Hall–Kier alpha value is -2.02. The molecular weight excluding hydrogens is 492 g/mol. The highest BCUT2D eigenvalue weighted by Crippen LogP contribution is 2.28. The number of benzene rings is 2. The van der Waals surface area contributed by atoms with E-state index in [1.54, 1.807) is 24.3 Å². The van der Waals surface area contributed by atoms with E-state index in [2.05, 4.69) is 0 Å². The molecule has 2 aliphatic rings. The second-order valence-corrected chi connectivity index (χ2v) is 13.1. The molecule has 0 saturated carbocycles. The summed E-state index contributed by atoms with van der Waals surface area (Å²) in [6.45, 7) is 8.65. The van der Waals surface area contributed by atoms with E-state index in [4.69, 9.17) is 14.2 Å². The molecule has 2 aromatic rings. The van der Waals surface area contributed by atoms with Crippen molar-refractivity contribution in [3.8, 4) is 11.5 Å². The minimum atomic E-state index is -3.64. The zero-order chi connectivity index (χ0) is 25.4. The third kappa shape index (κ3) is 5.87. The van der Waals surface area contributed by atoms with Crippen LogP contribution in [0.2, 0.25) is 0 Å². The third-order valence-electron chi connectivity index (χ3n) is 5.93. The monoisotopic (exact) mass is 524 g/mol. The molecule has 2 aromatic carbocycles. The molecule has 9 nitrogen and oxygen atoms in total. The van der Waals surface area contributed by atoms with Gasteiger partial charge in [-0.2, -0.15) is 8.61 Å². The van der Waals surface area contributed by atoms with Crippen molar-refractivity contribution in [3.63, 3.8) is 0 Å². The number of rotatable bonds is 6. The number of hydrogen-bond acceptors (Lipinski definition) is 7. The zero-order valence-electron chi connectivity index (χ0n) is 20.3. The normalized spacial score (nSPS) is 27.0. The summed E-state index contributed by atoms with van der Waals surface area (Å²) in [4.78, 5) is 0.364. The Kier molecular flexibility index (Phi) is 7.56. The predicted molar refractivity (Wildman–Crippen MR) is 130 cm³/mol. The van der Waals surface area contributed by atoms with Crippen molar-refractivity contribution in [3.05, 3.63) is 48.5 Å². The van der Waals surface area contributed by atoms with Gasteiger partial charge in [0, 0.05) is 26.2 Å². The summed E-state index contributed by atoms with van der Waals surface area (Å²) in [5.41, 5.74) is 0. The standard InChI is InChI=1S/C24H32N2O7S2/c1-17-13-25(14-18(2)31-17)34(27,28)23-9-5-21(6-10-23)33-22-7-11-24(12-8-22)35(29,30)26-15-19(3)32-20(4)16-26/h5-12,17-20H,13-16H2,1-4H3. The van der Waals surface area contributed by atoms with E-state index < -0.39 is 20.0 Å². The molecule has 0 radical (unpaired) electrons. The van der Waals surface area contributed by atoms with Crippen LogP contribution in [0.15, 0.2) is 58.3 Å². The fraction of sp³-hybridized carbons (Fsp3) is 0.500. The maximum atomic E-state index is 13.0. The summed E-state index contributed by atoms with van der Waals surface area (Å²) >= 11 is 0. The number of ether oxygens (including phenoxy) is 3. The van der Waals surface area contributed by atoms with E-state index >= 15 is 0 Å². The van der Waals surface area contributed by atoms with Gasteiger partial charge in [0.1, 0.15) is 11.5 Å². The molecule has 2 fully saturated rings. The second-order valence-electron chi connectivity index (χ2n) is 9.20. The highest BCUT2D eigenvalue weighted by atomic mass is 32.2. The number of nitrogens with zero attached hydrogens (tertiary/aromatic N) is 2. The molecule has 4 rings (SSSR count). The summed E-state index contributed by atoms with van der Waals surface area (Å²) < 4.78 is 72.0. The molecule has 0 spiro atoms. The lowest BCUT2D eigenvalue weighted by Crippen LogP contribution is -2.48. The molecule has 0 amide bonds. The van der Waals surface area contributed by atoms with Crippen LogP contribution in [0.25, 0.3) is 0 Å². The largest absolute Gasteiger partial charge is 0.457 e. The molecule has 2 heterocycles. The molecule has 0 aromatic heterocycles. The van der Waals surface area contributed by atoms with E-state index in [0.29, 0.717) is 37.7 Å². The van der Waals surface area contributed by atoms with E-state index in [-0.39, 0.29) is 34.2 Å². The van der Waals surface area contributed by atoms with Crippen molar-refractivity contribution in [2.75, 3.05) is 26.2 Å². The lowest BCUT2D eigenvalue weighted by Gasteiger charge is -2.34. The third-order valence-corrected chi connectivity index (χ3v) is 9.62. The van der Waals surface area contributed by atoms with E-state index in [0.717, 1.165) is 0 Å². The van der Waals surface area contributed by atoms with Crippen LogP contribution in [0.1, 0.15) is 27.7 Å². The lowest BCUT2D eigenvalue weighted by molar-refractivity contribution is -0.0442.